The standard InChI is InChI=1S/C19H17I/c1-14-7-5-6-10-19(14)17-11-16(12-18(20)13-17)15-8-3-2-4-9-15/h2-14,19H,1H3. The van der Waals surface area contributed by atoms with Gasteiger partial charge >= 0.3 is 0 Å². The summed E-state index contributed by atoms with van der Waals surface area (Å²) in [6, 6.07) is 17.5. The van der Waals surface area contributed by atoms with Gasteiger partial charge in [0.1, 0.15) is 0 Å². The smallest absolute Gasteiger partial charge is 0.0139 e. The predicted octanol–water partition coefficient (Wildman–Crippen LogP) is 5.80. The first kappa shape index (κ1) is 13.6. The second-order valence-electron chi connectivity index (χ2n) is 5.29. The fourth-order valence-electron chi connectivity index (χ4n) is 2.73. The first-order valence-corrected chi connectivity index (χ1v) is 8.03. The van der Waals surface area contributed by atoms with Crippen molar-refractivity contribution >= 4 is 22.6 Å². The van der Waals surface area contributed by atoms with Gasteiger partial charge in [-0.2, -0.15) is 0 Å². The van der Waals surface area contributed by atoms with Crippen LogP contribution < -0.4 is 0 Å². The van der Waals surface area contributed by atoms with Gasteiger partial charge in [-0.3, -0.25) is 0 Å². The molecule has 3 rings (SSSR count). The van der Waals surface area contributed by atoms with E-state index in [1.807, 2.05) is 0 Å². The fraction of sp³-hybridized carbons (Fsp3) is 0.158. The van der Waals surface area contributed by atoms with Crippen LogP contribution in [0.1, 0.15) is 18.4 Å². The normalized spacial score (nSPS) is 21.1. The second kappa shape index (κ2) is 5.96. The van der Waals surface area contributed by atoms with E-state index >= 15 is 0 Å². The average Bonchev–Trinajstić information content (AvgIpc) is 2.48. The molecule has 2 aromatic rings. The molecular weight excluding hydrogens is 355 g/mol. The van der Waals surface area contributed by atoms with Crippen LogP contribution in [0.15, 0.2) is 72.8 Å². The van der Waals surface area contributed by atoms with E-state index in [4.69, 9.17) is 0 Å². The van der Waals surface area contributed by atoms with E-state index in [2.05, 4.69) is 102 Å². The quantitative estimate of drug-likeness (QED) is 0.584. The third kappa shape index (κ3) is 2.88. The molecule has 0 heterocycles. The number of allylic oxidation sites excluding steroid dienone is 4. The number of rotatable bonds is 2. The summed E-state index contributed by atoms with van der Waals surface area (Å²) in [7, 11) is 0. The first-order chi connectivity index (χ1) is 9.74. The van der Waals surface area contributed by atoms with Crippen molar-refractivity contribution in [2.75, 3.05) is 0 Å². The van der Waals surface area contributed by atoms with Crippen molar-refractivity contribution < 1.29 is 0 Å². The Morgan fingerprint density at radius 1 is 0.850 bits per heavy atom. The maximum absolute atomic E-state index is 2.42. The van der Waals surface area contributed by atoms with E-state index in [0.29, 0.717) is 11.8 Å². The molecule has 1 aliphatic rings. The minimum Gasteiger partial charge on any atom is -0.0808 e. The van der Waals surface area contributed by atoms with Crippen LogP contribution in [0.4, 0.5) is 0 Å². The van der Waals surface area contributed by atoms with Crippen LogP contribution in [-0.4, -0.2) is 0 Å². The molecule has 0 fully saturated rings. The molecular formula is C19H17I. The highest BCUT2D eigenvalue weighted by Crippen LogP contribution is 2.33. The molecule has 0 saturated carbocycles. The van der Waals surface area contributed by atoms with E-state index in [0.717, 1.165) is 0 Å². The van der Waals surface area contributed by atoms with Gasteiger partial charge in [0.05, 0.1) is 0 Å². The molecule has 2 aromatic carbocycles. The Bertz CT molecular complexity index is 653. The molecule has 1 aliphatic carbocycles. The van der Waals surface area contributed by atoms with Gasteiger partial charge in [0.15, 0.2) is 0 Å². The van der Waals surface area contributed by atoms with Gasteiger partial charge in [0.25, 0.3) is 0 Å². The molecule has 0 bridgehead atoms. The Morgan fingerprint density at radius 3 is 2.35 bits per heavy atom. The molecule has 0 aliphatic heterocycles. The van der Waals surface area contributed by atoms with Crippen LogP contribution in [-0.2, 0) is 0 Å². The molecule has 100 valence electrons. The van der Waals surface area contributed by atoms with Crippen LogP contribution in [0.25, 0.3) is 11.1 Å². The van der Waals surface area contributed by atoms with Crippen molar-refractivity contribution in [1.29, 1.82) is 0 Å². The molecule has 2 unspecified atom stereocenters. The third-order valence-corrected chi connectivity index (χ3v) is 4.45. The Balaban J connectivity index is 2.03. The number of halogens is 1. The Morgan fingerprint density at radius 2 is 1.60 bits per heavy atom. The first-order valence-electron chi connectivity index (χ1n) is 6.95. The van der Waals surface area contributed by atoms with E-state index in [1.54, 1.807) is 0 Å². The summed E-state index contributed by atoms with van der Waals surface area (Å²) in [6.45, 7) is 2.28. The van der Waals surface area contributed by atoms with E-state index in [1.165, 1.54) is 20.3 Å². The van der Waals surface area contributed by atoms with Gasteiger partial charge in [0, 0.05) is 9.49 Å². The van der Waals surface area contributed by atoms with E-state index in [9.17, 15) is 0 Å². The van der Waals surface area contributed by atoms with Gasteiger partial charge in [-0.25, -0.2) is 0 Å². The molecule has 0 nitrogen and oxygen atoms in total. The van der Waals surface area contributed by atoms with Crippen molar-refractivity contribution in [3.05, 3.63) is 82.0 Å². The van der Waals surface area contributed by atoms with Crippen LogP contribution in [0.3, 0.4) is 0 Å². The fourth-order valence-corrected chi connectivity index (χ4v) is 3.43. The zero-order chi connectivity index (χ0) is 13.9. The molecule has 0 radical (unpaired) electrons. The van der Waals surface area contributed by atoms with Gasteiger partial charge in [0.2, 0.25) is 0 Å². The Labute approximate surface area is 134 Å². The zero-order valence-electron chi connectivity index (χ0n) is 11.5. The lowest BCUT2D eigenvalue weighted by Crippen LogP contribution is -2.07. The van der Waals surface area contributed by atoms with Gasteiger partial charge in [-0.05, 0) is 57.3 Å². The molecule has 1 heteroatoms. The molecule has 0 saturated heterocycles. The Kier molecular flexibility index (Phi) is 4.06. The number of benzene rings is 2. The molecule has 0 N–H and O–H groups in total. The summed E-state index contributed by atoms with van der Waals surface area (Å²) in [4.78, 5) is 0. The monoisotopic (exact) mass is 372 g/mol. The zero-order valence-corrected chi connectivity index (χ0v) is 13.6. The molecule has 2 atom stereocenters. The minimum atomic E-state index is 0.483. The molecule has 0 aromatic heterocycles. The molecule has 20 heavy (non-hydrogen) atoms. The largest absolute Gasteiger partial charge is 0.0808 e. The van der Waals surface area contributed by atoms with Crippen molar-refractivity contribution in [2.45, 2.75) is 12.8 Å². The number of hydrogen-bond acceptors (Lipinski definition) is 0. The SMILES string of the molecule is CC1C=CC=CC1c1cc(I)cc(-c2ccccc2)c1. The summed E-state index contributed by atoms with van der Waals surface area (Å²) >= 11 is 2.42. The van der Waals surface area contributed by atoms with Crippen LogP contribution in [0.2, 0.25) is 0 Å². The van der Waals surface area contributed by atoms with Crippen molar-refractivity contribution in [3.63, 3.8) is 0 Å². The predicted molar refractivity (Wildman–Crippen MR) is 94.8 cm³/mol. The van der Waals surface area contributed by atoms with E-state index < -0.39 is 0 Å². The molecule has 0 amide bonds. The van der Waals surface area contributed by atoms with Gasteiger partial charge < -0.3 is 0 Å². The van der Waals surface area contributed by atoms with Gasteiger partial charge in [-0.1, -0.05) is 67.6 Å². The van der Waals surface area contributed by atoms with Crippen molar-refractivity contribution in [1.82, 2.24) is 0 Å². The topological polar surface area (TPSA) is 0 Å². The summed E-state index contributed by atoms with van der Waals surface area (Å²) in [5, 5.41) is 0. The second-order valence-corrected chi connectivity index (χ2v) is 6.54. The minimum absolute atomic E-state index is 0.483. The Hall–Kier alpha value is -1.35. The lowest BCUT2D eigenvalue weighted by atomic mass is 9.83. The lowest BCUT2D eigenvalue weighted by Gasteiger charge is -2.22. The summed E-state index contributed by atoms with van der Waals surface area (Å²) in [6.07, 6.45) is 8.90. The van der Waals surface area contributed by atoms with Crippen LogP contribution in [0, 0.1) is 9.49 Å². The highest BCUT2D eigenvalue weighted by molar-refractivity contribution is 14.1. The van der Waals surface area contributed by atoms with Crippen LogP contribution in [0.5, 0.6) is 0 Å². The summed E-state index contributed by atoms with van der Waals surface area (Å²) in [5.74, 6) is 1.04. The highest BCUT2D eigenvalue weighted by Gasteiger charge is 2.17. The maximum atomic E-state index is 2.42. The third-order valence-electron chi connectivity index (χ3n) is 3.82. The van der Waals surface area contributed by atoms with Crippen molar-refractivity contribution in [3.8, 4) is 11.1 Å². The van der Waals surface area contributed by atoms with Crippen LogP contribution >= 0.6 is 22.6 Å². The highest BCUT2D eigenvalue weighted by atomic mass is 127. The maximum Gasteiger partial charge on any atom is 0.0139 e. The summed E-state index contributed by atoms with van der Waals surface area (Å²) in [5.41, 5.74) is 4.00. The van der Waals surface area contributed by atoms with Crippen molar-refractivity contribution in [2.24, 2.45) is 5.92 Å². The molecule has 0 spiro atoms. The lowest BCUT2D eigenvalue weighted by molar-refractivity contribution is 0.635. The van der Waals surface area contributed by atoms with Gasteiger partial charge in [-0.15, -0.1) is 0 Å². The number of hydrogen-bond donors (Lipinski definition) is 0. The van der Waals surface area contributed by atoms with E-state index in [-0.39, 0.29) is 0 Å². The summed E-state index contributed by atoms with van der Waals surface area (Å²) < 4.78 is 1.30. The average molecular weight is 372 g/mol.